The van der Waals surface area contributed by atoms with Gasteiger partial charge in [0.15, 0.2) is 13.1 Å². The van der Waals surface area contributed by atoms with Crippen LogP contribution in [0.4, 0.5) is 11.4 Å². The maximum atomic E-state index is 12.7. The van der Waals surface area contributed by atoms with Crippen LogP contribution in [0.5, 0.6) is 5.75 Å². The maximum absolute atomic E-state index is 12.7. The second-order valence-corrected chi connectivity index (χ2v) is 7.79. The Morgan fingerprint density at radius 1 is 0.967 bits per heavy atom. The van der Waals surface area contributed by atoms with Gasteiger partial charge >= 0.3 is 0 Å². The fourth-order valence-electron chi connectivity index (χ4n) is 3.56. The molecule has 2 amide bonds. The molecule has 0 spiro atoms. The van der Waals surface area contributed by atoms with Crippen molar-refractivity contribution in [2.24, 2.45) is 0 Å². The van der Waals surface area contributed by atoms with Crippen molar-refractivity contribution in [3.8, 4) is 5.75 Å². The lowest BCUT2D eigenvalue weighted by atomic mass is 10.2. The highest BCUT2D eigenvalue weighted by atomic mass is 16.5. The average molecular weight is 412 g/mol. The molecule has 2 aromatic carbocycles. The molecule has 1 aliphatic heterocycles. The van der Waals surface area contributed by atoms with Crippen molar-refractivity contribution in [3.63, 3.8) is 0 Å². The summed E-state index contributed by atoms with van der Waals surface area (Å²) in [6.07, 6.45) is 0. The number of nitrogens with one attached hydrogen (secondary N) is 2. The quantitative estimate of drug-likeness (QED) is 0.708. The molecule has 0 bridgehead atoms. The fourth-order valence-corrected chi connectivity index (χ4v) is 3.56. The first kappa shape index (κ1) is 21.6. The zero-order valence-electron chi connectivity index (χ0n) is 18.0. The van der Waals surface area contributed by atoms with Crippen molar-refractivity contribution >= 4 is 23.2 Å². The molecule has 1 fully saturated rings. The Hall–Kier alpha value is -3.06. The van der Waals surface area contributed by atoms with Gasteiger partial charge in [-0.15, -0.1) is 0 Å². The Morgan fingerprint density at radius 2 is 1.60 bits per heavy atom. The van der Waals surface area contributed by atoms with Crippen molar-refractivity contribution in [3.05, 3.63) is 54.1 Å². The van der Waals surface area contributed by atoms with Crippen LogP contribution in [0.15, 0.2) is 48.5 Å². The predicted molar refractivity (Wildman–Crippen MR) is 118 cm³/mol. The zero-order valence-corrected chi connectivity index (χ0v) is 18.0. The minimum absolute atomic E-state index is 0.0880. The number of methoxy groups -OCH3 is 1. The van der Waals surface area contributed by atoms with Crippen molar-refractivity contribution in [1.82, 2.24) is 4.90 Å². The van der Waals surface area contributed by atoms with Gasteiger partial charge in [0.2, 0.25) is 0 Å². The minimum atomic E-state index is -0.0894. The van der Waals surface area contributed by atoms with Crippen LogP contribution < -0.4 is 19.9 Å². The lowest BCUT2D eigenvalue weighted by Crippen LogP contribution is -3.11. The summed E-state index contributed by atoms with van der Waals surface area (Å²) in [7, 11) is 3.53. The predicted octanol–water partition coefficient (Wildman–Crippen LogP) is 0.806. The number of likely N-dealkylation sites (N-methyl/N-ethyl adjacent to an activating group) is 1. The number of carbonyl (C=O) groups excluding carboxylic acids is 2. The topological polar surface area (TPSA) is 66.3 Å². The zero-order chi connectivity index (χ0) is 21.5. The van der Waals surface area contributed by atoms with E-state index >= 15 is 0 Å². The number of anilines is 2. The number of carbonyl (C=O) groups is 2. The van der Waals surface area contributed by atoms with E-state index in [1.807, 2.05) is 67.4 Å². The van der Waals surface area contributed by atoms with Crippen LogP contribution in [-0.2, 0) is 9.59 Å². The number of ether oxygens (including phenoxy) is 1. The highest BCUT2D eigenvalue weighted by Crippen LogP contribution is 2.20. The summed E-state index contributed by atoms with van der Waals surface area (Å²) >= 11 is 0. The molecule has 1 aliphatic rings. The van der Waals surface area contributed by atoms with E-state index in [2.05, 4.69) is 10.2 Å². The van der Waals surface area contributed by atoms with Crippen molar-refractivity contribution in [1.29, 1.82) is 0 Å². The third-order valence-corrected chi connectivity index (χ3v) is 5.32. The normalized spacial score (nSPS) is 14.9. The van der Waals surface area contributed by atoms with Gasteiger partial charge in [-0.3, -0.25) is 9.59 Å². The first-order valence-corrected chi connectivity index (χ1v) is 10.3. The molecule has 1 atom stereocenters. The summed E-state index contributed by atoms with van der Waals surface area (Å²) < 4.78 is 5.21. The first-order chi connectivity index (χ1) is 14.4. The van der Waals surface area contributed by atoms with Crippen molar-refractivity contribution in [2.75, 3.05) is 63.6 Å². The molecule has 1 heterocycles. The standard InChI is InChI=1S/C23H30N4O3/c1-18-4-6-19(7-5-18)24-22(28)16-25(2)17-23(29)27-14-12-26(13-15-27)20-8-10-21(30-3)11-9-20/h4-11H,12-17H2,1-3H3,(H,24,28)/p+1. The molecule has 2 N–H and O–H groups in total. The number of nitrogens with zero attached hydrogens (tertiary/aromatic N) is 2. The van der Waals surface area contributed by atoms with Crippen molar-refractivity contribution in [2.45, 2.75) is 6.92 Å². The van der Waals surface area contributed by atoms with Gasteiger partial charge in [0.05, 0.1) is 14.2 Å². The summed E-state index contributed by atoms with van der Waals surface area (Å²) in [5.74, 6) is 0.837. The van der Waals surface area contributed by atoms with Gasteiger partial charge in [0.25, 0.3) is 11.8 Å². The van der Waals surface area contributed by atoms with E-state index in [-0.39, 0.29) is 18.4 Å². The molecule has 160 valence electrons. The first-order valence-electron chi connectivity index (χ1n) is 10.3. The van der Waals surface area contributed by atoms with Crippen LogP contribution in [0.3, 0.4) is 0 Å². The van der Waals surface area contributed by atoms with Crippen LogP contribution >= 0.6 is 0 Å². The molecule has 30 heavy (non-hydrogen) atoms. The lowest BCUT2D eigenvalue weighted by Gasteiger charge is -2.36. The van der Waals surface area contributed by atoms with Gasteiger partial charge in [0.1, 0.15) is 5.75 Å². The maximum Gasteiger partial charge on any atom is 0.279 e. The van der Waals surface area contributed by atoms with Gasteiger partial charge in [-0.05, 0) is 43.3 Å². The molecule has 3 rings (SSSR count). The van der Waals surface area contributed by atoms with E-state index in [4.69, 9.17) is 4.74 Å². The van der Waals surface area contributed by atoms with Gasteiger partial charge in [-0.2, -0.15) is 0 Å². The van der Waals surface area contributed by atoms with Crippen LogP contribution in [0, 0.1) is 6.92 Å². The van der Waals surface area contributed by atoms with E-state index in [1.54, 1.807) is 7.11 Å². The summed E-state index contributed by atoms with van der Waals surface area (Å²) in [5, 5.41) is 2.88. The number of piperazine rings is 1. The molecule has 2 aromatic rings. The number of hydrogen-bond acceptors (Lipinski definition) is 4. The Morgan fingerprint density at radius 3 is 2.20 bits per heavy atom. The van der Waals surface area contributed by atoms with Crippen LogP contribution in [-0.4, -0.2) is 70.1 Å². The third kappa shape index (κ3) is 5.97. The summed E-state index contributed by atoms with van der Waals surface area (Å²) in [5.41, 5.74) is 3.06. The second kappa shape index (κ2) is 10.1. The molecule has 0 radical (unpaired) electrons. The number of aryl methyl sites for hydroxylation is 1. The van der Waals surface area contributed by atoms with E-state index in [9.17, 15) is 9.59 Å². The molecule has 7 nitrogen and oxygen atoms in total. The number of amides is 2. The minimum Gasteiger partial charge on any atom is -0.497 e. The van der Waals surface area contributed by atoms with E-state index < -0.39 is 0 Å². The van der Waals surface area contributed by atoms with Gasteiger partial charge < -0.3 is 24.8 Å². The second-order valence-electron chi connectivity index (χ2n) is 7.79. The Balaban J connectivity index is 1.42. The highest BCUT2D eigenvalue weighted by Gasteiger charge is 2.24. The van der Waals surface area contributed by atoms with E-state index in [0.29, 0.717) is 19.6 Å². The molecule has 0 aliphatic carbocycles. The molecule has 0 saturated carbocycles. The number of quaternary nitrogens is 1. The molecule has 1 unspecified atom stereocenters. The third-order valence-electron chi connectivity index (χ3n) is 5.32. The molecular weight excluding hydrogens is 380 g/mol. The van der Waals surface area contributed by atoms with Crippen LogP contribution in [0.2, 0.25) is 0 Å². The number of rotatable bonds is 7. The number of benzene rings is 2. The summed E-state index contributed by atoms with van der Waals surface area (Å²) in [6, 6.07) is 15.7. The van der Waals surface area contributed by atoms with Crippen molar-refractivity contribution < 1.29 is 19.2 Å². The SMILES string of the molecule is COc1ccc(N2CCN(C(=O)C[NH+](C)CC(=O)Nc3ccc(C)cc3)CC2)cc1. The molecule has 0 aromatic heterocycles. The fraction of sp³-hybridized carbons (Fsp3) is 0.391. The van der Waals surface area contributed by atoms with Gasteiger partial charge in [-0.25, -0.2) is 0 Å². The lowest BCUT2D eigenvalue weighted by molar-refractivity contribution is -0.862. The smallest absolute Gasteiger partial charge is 0.279 e. The van der Waals surface area contributed by atoms with Gasteiger partial charge in [0, 0.05) is 37.6 Å². The van der Waals surface area contributed by atoms with Crippen LogP contribution in [0.1, 0.15) is 5.56 Å². The number of hydrogen-bond donors (Lipinski definition) is 2. The molecule has 7 heteroatoms. The Kier molecular flexibility index (Phi) is 7.30. The average Bonchev–Trinajstić information content (AvgIpc) is 2.75. The van der Waals surface area contributed by atoms with E-state index in [1.165, 1.54) is 0 Å². The highest BCUT2D eigenvalue weighted by molar-refractivity contribution is 5.91. The Bertz CT molecular complexity index is 844. The monoisotopic (exact) mass is 411 g/mol. The van der Waals surface area contributed by atoms with Gasteiger partial charge in [-0.1, -0.05) is 17.7 Å². The summed E-state index contributed by atoms with van der Waals surface area (Å²) in [4.78, 5) is 29.9. The Labute approximate surface area is 178 Å². The van der Waals surface area contributed by atoms with Crippen LogP contribution in [0.25, 0.3) is 0 Å². The largest absolute Gasteiger partial charge is 0.497 e. The summed E-state index contributed by atoms with van der Waals surface area (Å²) in [6.45, 7) is 5.54. The molecule has 1 saturated heterocycles. The molecular formula is C23H31N4O3+. The van der Waals surface area contributed by atoms with E-state index in [0.717, 1.165) is 40.7 Å².